The van der Waals surface area contributed by atoms with Gasteiger partial charge >= 0.3 is 0 Å². The van der Waals surface area contributed by atoms with Crippen LogP contribution in [0.4, 0.5) is 0 Å². The van der Waals surface area contributed by atoms with Crippen LogP contribution in [0, 0.1) is 11.8 Å². The van der Waals surface area contributed by atoms with Crippen molar-refractivity contribution in [2.24, 2.45) is 11.8 Å². The minimum absolute atomic E-state index is 0.429. The SMILES string of the molecule is COCC(C)CN1CC2(CCCC2)NCC1C(C)C. The highest BCUT2D eigenvalue weighted by Crippen LogP contribution is 2.34. The zero-order valence-corrected chi connectivity index (χ0v) is 13.2. The molecule has 1 aliphatic heterocycles. The van der Waals surface area contributed by atoms with Gasteiger partial charge in [-0.05, 0) is 24.7 Å². The van der Waals surface area contributed by atoms with Gasteiger partial charge in [0.05, 0.1) is 0 Å². The summed E-state index contributed by atoms with van der Waals surface area (Å²) in [5.41, 5.74) is 0.429. The standard InChI is InChI=1S/C16H32N2O/c1-13(2)15-9-17-16(7-5-6-8-16)12-18(15)10-14(3)11-19-4/h13-15,17H,5-12H2,1-4H3. The predicted octanol–water partition coefficient (Wildman–Crippen LogP) is 2.51. The summed E-state index contributed by atoms with van der Waals surface area (Å²) in [6.45, 7) is 11.5. The second-order valence-electron chi connectivity index (χ2n) is 7.17. The van der Waals surface area contributed by atoms with Crippen LogP contribution in [0.3, 0.4) is 0 Å². The van der Waals surface area contributed by atoms with Gasteiger partial charge in [0, 0.05) is 44.9 Å². The van der Waals surface area contributed by atoms with Crippen molar-refractivity contribution in [2.45, 2.75) is 58.0 Å². The lowest BCUT2D eigenvalue weighted by Gasteiger charge is -2.48. The fraction of sp³-hybridized carbons (Fsp3) is 1.00. The molecular formula is C16H32N2O. The topological polar surface area (TPSA) is 24.5 Å². The van der Waals surface area contributed by atoms with Crippen LogP contribution < -0.4 is 5.32 Å². The number of hydrogen-bond acceptors (Lipinski definition) is 3. The van der Waals surface area contributed by atoms with Gasteiger partial charge in [0.2, 0.25) is 0 Å². The van der Waals surface area contributed by atoms with E-state index in [1.165, 1.54) is 38.8 Å². The van der Waals surface area contributed by atoms with Crippen molar-refractivity contribution in [3.63, 3.8) is 0 Å². The number of ether oxygens (including phenoxy) is 1. The van der Waals surface area contributed by atoms with E-state index in [0.717, 1.165) is 19.1 Å². The van der Waals surface area contributed by atoms with Gasteiger partial charge in [-0.1, -0.05) is 33.6 Å². The maximum atomic E-state index is 5.32. The Morgan fingerprint density at radius 3 is 2.53 bits per heavy atom. The van der Waals surface area contributed by atoms with Crippen molar-refractivity contribution < 1.29 is 4.74 Å². The van der Waals surface area contributed by atoms with Crippen LogP contribution in [-0.2, 0) is 4.74 Å². The molecule has 112 valence electrons. The van der Waals surface area contributed by atoms with E-state index in [2.05, 4.69) is 31.0 Å². The molecule has 0 aromatic rings. The minimum atomic E-state index is 0.429. The molecule has 3 nitrogen and oxygen atoms in total. The van der Waals surface area contributed by atoms with Gasteiger partial charge in [0.1, 0.15) is 0 Å². The lowest BCUT2D eigenvalue weighted by Crippen LogP contribution is -2.64. The average Bonchev–Trinajstić information content (AvgIpc) is 2.77. The van der Waals surface area contributed by atoms with E-state index in [4.69, 9.17) is 4.74 Å². The van der Waals surface area contributed by atoms with E-state index in [1.807, 2.05) is 7.11 Å². The zero-order chi connectivity index (χ0) is 13.9. The molecule has 0 aromatic heterocycles. The van der Waals surface area contributed by atoms with Crippen molar-refractivity contribution in [3.05, 3.63) is 0 Å². The maximum absolute atomic E-state index is 5.32. The summed E-state index contributed by atoms with van der Waals surface area (Å²) in [6.07, 6.45) is 5.54. The van der Waals surface area contributed by atoms with Crippen molar-refractivity contribution in [1.29, 1.82) is 0 Å². The largest absolute Gasteiger partial charge is 0.384 e. The highest BCUT2D eigenvalue weighted by molar-refractivity contribution is 5.01. The average molecular weight is 268 g/mol. The first-order valence-corrected chi connectivity index (χ1v) is 8.04. The Bertz CT molecular complexity index is 274. The highest BCUT2D eigenvalue weighted by Gasteiger charge is 2.41. The van der Waals surface area contributed by atoms with Crippen molar-refractivity contribution in [2.75, 3.05) is 33.4 Å². The smallest absolute Gasteiger partial charge is 0.0500 e. The molecule has 1 N–H and O–H groups in total. The molecule has 0 radical (unpaired) electrons. The number of nitrogens with one attached hydrogen (secondary N) is 1. The first-order valence-electron chi connectivity index (χ1n) is 8.04. The monoisotopic (exact) mass is 268 g/mol. The van der Waals surface area contributed by atoms with Crippen molar-refractivity contribution >= 4 is 0 Å². The summed E-state index contributed by atoms with van der Waals surface area (Å²) < 4.78 is 5.32. The van der Waals surface area contributed by atoms with Crippen molar-refractivity contribution in [1.82, 2.24) is 10.2 Å². The molecular weight excluding hydrogens is 236 g/mol. The van der Waals surface area contributed by atoms with Crippen LogP contribution in [0.2, 0.25) is 0 Å². The van der Waals surface area contributed by atoms with Gasteiger partial charge in [-0.15, -0.1) is 0 Å². The first-order chi connectivity index (χ1) is 9.06. The Hall–Kier alpha value is -0.120. The molecule has 2 aliphatic rings. The summed E-state index contributed by atoms with van der Waals surface area (Å²) in [7, 11) is 1.81. The quantitative estimate of drug-likeness (QED) is 0.829. The molecule has 1 spiro atoms. The molecule has 2 unspecified atom stereocenters. The molecule has 0 amide bonds. The Balaban J connectivity index is 2.00. The van der Waals surface area contributed by atoms with Crippen LogP contribution in [0.25, 0.3) is 0 Å². The van der Waals surface area contributed by atoms with E-state index >= 15 is 0 Å². The fourth-order valence-electron chi connectivity index (χ4n) is 3.99. The summed E-state index contributed by atoms with van der Waals surface area (Å²) in [5.74, 6) is 1.35. The van der Waals surface area contributed by atoms with Gasteiger partial charge in [0.15, 0.2) is 0 Å². The van der Waals surface area contributed by atoms with E-state index in [1.54, 1.807) is 0 Å². The molecule has 3 heteroatoms. The molecule has 2 atom stereocenters. The van der Waals surface area contributed by atoms with Gasteiger partial charge in [-0.25, -0.2) is 0 Å². The number of nitrogens with zero attached hydrogens (tertiary/aromatic N) is 1. The number of rotatable bonds is 5. The number of hydrogen-bond donors (Lipinski definition) is 1. The van der Waals surface area contributed by atoms with Crippen LogP contribution in [0.5, 0.6) is 0 Å². The van der Waals surface area contributed by atoms with Crippen LogP contribution in [0.1, 0.15) is 46.5 Å². The van der Waals surface area contributed by atoms with E-state index in [9.17, 15) is 0 Å². The summed E-state index contributed by atoms with van der Waals surface area (Å²) in [5, 5.41) is 3.89. The lowest BCUT2D eigenvalue weighted by atomic mass is 9.88. The fourth-order valence-corrected chi connectivity index (χ4v) is 3.99. The zero-order valence-electron chi connectivity index (χ0n) is 13.2. The Kier molecular flexibility index (Phi) is 5.27. The van der Waals surface area contributed by atoms with E-state index in [0.29, 0.717) is 17.5 Å². The molecule has 1 saturated carbocycles. The molecule has 0 bridgehead atoms. The Labute approximate surface area is 119 Å². The second-order valence-corrected chi connectivity index (χ2v) is 7.17. The second kappa shape index (κ2) is 6.55. The van der Waals surface area contributed by atoms with Crippen molar-refractivity contribution in [3.8, 4) is 0 Å². The van der Waals surface area contributed by atoms with Gasteiger partial charge < -0.3 is 10.1 Å². The third kappa shape index (κ3) is 3.71. The summed E-state index contributed by atoms with van der Waals surface area (Å²) >= 11 is 0. The normalized spacial score (nSPS) is 29.2. The lowest BCUT2D eigenvalue weighted by molar-refractivity contribution is 0.0331. The molecule has 1 heterocycles. The summed E-state index contributed by atoms with van der Waals surface area (Å²) in [4.78, 5) is 2.75. The third-order valence-corrected chi connectivity index (χ3v) is 4.99. The number of piperazine rings is 1. The minimum Gasteiger partial charge on any atom is -0.384 e. The maximum Gasteiger partial charge on any atom is 0.0500 e. The van der Waals surface area contributed by atoms with Gasteiger partial charge in [0.25, 0.3) is 0 Å². The molecule has 0 aromatic carbocycles. The van der Waals surface area contributed by atoms with Crippen LogP contribution >= 0.6 is 0 Å². The predicted molar refractivity (Wildman–Crippen MR) is 80.4 cm³/mol. The molecule has 1 aliphatic carbocycles. The summed E-state index contributed by atoms with van der Waals surface area (Å²) in [6, 6.07) is 0.686. The van der Waals surface area contributed by atoms with Crippen LogP contribution in [0.15, 0.2) is 0 Å². The molecule has 2 rings (SSSR count). The molecule has 1 saturated heterocycles. The van der Waals surface area contributed by atoms with Gasteiger partial charge in [-0.3, -0.25) is 4.90 Å². The Morgan fingerprint density at radius 1 is 1.26 bits per heavy atom. The Morgan fingerprint density at radius 2 is 1.95 bits per heavy atom. The van der Waals surface area contributed by atoms with Gasteiger partial charge in [-0.2, -0.15) is 0 Å². The molecule has 2 fully saturated rings. The highest BCUT2D eigenvalue weighted by atomic mass is 16.5. The number of methoxy groups -OCH3 is 1. The van der Waals surface area contributed by atoms with Crippen LogP contribution in [-0.4, -0.2) is 49.8 Å². The first kappa shape index (κ1) is 15.3. The third-order valence-electron chi connectivity index (χ3n) is 4.99. The van der Waals surface area contributed by atoms with E-state index in [-0.39, 0.29) is 0 Å². The van der Waals surface area contributed by atoms with E-state index < -0.39 is 0 Å². The molecule has 19 heavy (non-hydrogen) atoms.